The van der Waals surface area contributed by atoms with E-state index in [2.05, 4.69) is 20.4 Å². The fraction of sp³-hybridized carbons (Fsp3) is 0.565. The van der Waals surface area contributed by atoms with E-state index in [1.54, 1.807) is 12.1 Å². The van der Waals surface area contributed by atoms with Gasteiger partial charge < -0.3 is 5.32 Å². The SMILES string of the molecule is O=C1CCC(N2C(=O)c3ccc(CN4CCCC(N5CCNCC5)C4)cc3C2=O)C(=O)N1. The average molecular weight is 440 g/mol. The number of rotatable bonds is 4. The Labute approximate surface area is 187 Å². The maximum Gasteiger partial charge on any atom is 0.262 e. The first kappa shape index (κ1) is 21.2. The summed E-state index contributed by atoms with van der Waals surface area (Å²) in [4.78, 5) is 55.6. The van der Waals surface area contributed by atoms with Crippen molar-refractivity contribution in [1.29, 1.82) is 0 Å². The Hall–Kier alpha value is -2.62. The largest absolute Gasteiger partial charge is 0.314 e. The van der Waals surface area contributed by atoms with Crippen LogP contribution < -0.4 is 10.6 Å². The van der Waals surface area contributed by atoms with E-state index in [-0.39, 0.29) is 18.7 Å². The Kier molecular flexibility index (Phi) is 5.79. The van der Waals surface area contributed by atoms with Crippen LogP contribution in [0.4, 0.5) is 0 Å². The number of hydrogen-bond acceptors (Lipinski definition) is 7. The summed E-state index contributed by atoms with van der Waals surface area (Å²) in [6.45, 7) is 7.02. The van der Waals surface area contributed by atoms with E-state index in [1.165, 1.54) is 6.42 Å². The molecule has 5 rings (SSSR count). The smallest absolute Gasteiger partial charge is 0.262 e. The standard InChI is InChI=1S/C23H29N5O4/c29-20-6-5-19(21(30)25-20)28-22(31)17-4-3-15(12-18(17)23(28)32)13-26-9-1-2-16(14-26)27-10-7-24-8-11-27/h3-4,12,16,19,24H,1-2,5-11,13-14H2,(H,25,29,30). The number of hydrogen-bond donors (Lipinski definition) is 2. The van der Waals surface area contributed by atoms with E-state index in [1.807, 2.05) is 6.07 Å². The molecule has 4 aliphatic rings. The molecule has 1 aromatic carbocycles. The van der Waals surface area contributed by atoms with Gasteiger partial charge in [0.2, 0.25) is 11.8 Å². The highest BCUT2D eigenvalue weighted by molar-refractivity contribution is 6.23. The molecule has 4 heterocycles. The number of nitrogens with zero attached hydrogens (tertiary/aromatic N) is 3. The van der Waals surface area contributed by atoms with Gasteiger partial charge in [-0.2, -0.15) is 0 Å². The van der Waals surface area contributed by atoms with Crippen molar-refractivity contribution in [3.8, 4) is 0 Å². The van der Waals surface area contributed by atoms with Gasteiger partial charge >= 0.3 is 0 Å². The fourth-order valence-electron chi connectivity index (χ4n) is 5.39. The number of piperazine rings is 1. The molecule has 9 heteroatoms. The highest BCUT2D eigenvalue weighted by atomic mass is 16.2. The molecule has 0 radical (unpaired) electrons. The minimum Gasteiger partial charge on any atom is -0.314 e. The molecule has 170 valence electrons. The lowest BCUT2D eigenvalue weighted by atomic mass is 10.0. The second-order valence-electron chi connectivity index (χ2n) is 9.14. The van der Waals surface area contributed by atoms with Crippen molar-refractivity contribution < 1.29 is 19.2 Å². The van der Waals surface area contributed by atoms with Crippen LogP contribution in [0.25, 0.3) is 0 Å². The van der Waals surface area contributed by atoms with Crippen molar-refractivity contribution in [2.45, 2.75) is 44.3 Å². The number of carbonyl (C=O) groups excluding carboxylic acids is 4. The van der Waals surface area contributed by atoms with Gasteiger partial charge in [0.25, 0.3) is 11.8 Å². The Morgan fingerprint density at radius 1 is 0.938 bits per heavy atom. The lowest BCUT2D eigenvalue weighted by Gasteiger charge is -2.41. The first-order chi connectivity index (χ1) is 15.5. The van der Waals surface area contributed by atoms with Crippen molar-refractivity contribution in [2.75, 3.05) is 39.3 Å². The van der Waals surface area contributed by atoms with Gasteiger partial charge in [0, 0.05) is 51.7 Å². The van der Waals surface area contributed by atoms with Crippen molar-refractivity contribution in [2.24, 2.45) is 0 Å². The van der Waals surface area contributed by atoms with Gasteiger partial charge in [-0.3, -0.25) is 39.2 Å². The zero-order valence-corrected chi connectivity index (χ0v) is 18.1. The van der Waals surface area contributed by atoms with Gasteiger partial charge in [-0.15, -0.1) is 0 Å². The highest BCUT2D eigenvalue weighted by Crippen LogP contribution is 2.29. The van der Waals surface area contributed by atoms with E-state index in [0.29, 0.717) is 17.2 Å². The third-order valence-electron chi connectivity index (χ3n) is 7.06. The van der Waals surface area contributed by atoms with E-state index < -0.39 is 23.8 Å². The molecule has 2 unspecified atom stereocenters. The van der Waals surface area contributed by atoms with Gasteiger partial charge in [0.15, 0.2) is 0 Å². The molecule has 32 heavy (non-hydrogen) atoms. The first-order valence-electron chi connectivity index (χ1n) is 11.5. The predicted octanol–water partition coefficient (Wildman–Crippen LogP) is -0.0426. The van der Waals surface area contributed by atoms with Crippen molar-refractivity contribution in [3.05, 3.63) is 34.9 Å². The summed E-state index contributed by atoms with van der Waals surface area (Å²) >= 11 is 0. The van der Waals surface area contributed by atoms with Crippen molar-refractivity contribution in [1.82, 2.24) is 25.3 Å². The Morgan fingerprint density at radius 3 is 2.50 bits per heavy atom. The second-order valence-corrected chi connectivity index (χ2v) is 9.14. The molecule has 2 atom stereocenters. The summed E-state index contributed by atoms with van der Waals surface area (Å²) in [7, 11) is 0. The Balaban J connectivity index is 1.28. The van der Waals surface area contributed by atoms with Crippen LogP contribution in [-0.4, -0.2) is 89.7 Å². The summed E-state index contributed by atoms with van der Waals surface area (Å²) in [6, 6.07) is 5.05. The van der Waals surface area contributed by atoms with Crippen LogP contribution in [0, 0.1) is 0 Å². The number of amides is 4. The van der Waals surface area contributed by atoms with Crippen molar-refractivity contribution >= 4 is 23.6 Å². The van der Waals surface area contributed by atoms with Crippen LogP contribution in [0.2, 0.25) is 0 Å². The molecule has 0 aliphatic carbocycles. The summed E-state index contributed by atoms with van der Waals surface area (Å²) in [5.41, 5.74) is 1.68. The minimum atomic E-state index is -0.926. The third kappa shape index (κ3) is 3.96. The van der Waals surface area contributed by atoms with Crippen LogP contribution in [-0.2, 0) is 16.1 Å². The first-order valence-corrected chi connectivity index (χ1v) is 11.5. The normalized spacial score (nSPS) is 27.6. The summed E-state index contributed by atoms with van der Waals surface area (Å²) in [6.07, 6.45) is 2.66. The zero-order chi connectivity index (χ0) is 22.2. The quantitative estimate of drug-likeness (QED) is 0.635. The van der Waals surface area contributed by atoms with Gasteiger partial charge in [0.1, 0.15) is 6.04 Å². The van der Waals surface area contributed by atoms with Crippen LogP contribution in [0.5, 0.6) is 0 Å². The molecular formula is C23H29N5O4. The molecule has 0 spiro atoms. The molecule has 0 saturated carbocycles. The number of nitrogens with one attached hydrogen (secondary N) is 2. The van der Waals surface area contributed by atoms with Crippen molar-refractivity contribution in [3.63, 3.8) is 0 Å². The average Bonchev–Trinajstić information content (AvgIpc) is 3.04. The topological polar surface area (TPSA) is 102 Å². The van der Waals surface area contributed by atoms with E-state index >= 15 is 0 Å². The number of likely N-dealkylation sites (tertiary alicyclic amines) is 1. The minimum absolute atomic E-state index is 0.123. The molecule has 0 aromatic heterocycles. The molecule has 3 saturated heterocycles. The molecule has 9 nitrogen and oxygen atoms in total. The zero-order valence-electron chi connectivity index (χ0n) is 18.1. The second kappa shape index (κ2) is 8.73. The number of piperidine rings is 2. The lowest BCUT2D eigenvalue weighted by molar-refractivity contribution is -0.136. The molecule has 4 aliphatic heterocycles. The van der Waals surface area contributed by atoms with Gasteiger partial charge in [-0.05, 0) is 43.5 Å². The molecule has 1 aromatic rings. The highest BCUT2D eigenvalue weighted by Gasteiger charge is 2.44. The Morgan fingerprint density at radius 2 is 1.72 bits per heavy atom. The molecule has 0 bridgehead atoms. The summed E-state index contributed by atoms with van der Waals surface area (Å²) in [5.74, 6) is -1.85. The number of fused-ring (bicyclic) bond motifs is 1. The van der Waals surface area contributed by atoms with Crippen LogP contribution in [0.3, 0.4) is 0 Å². The van der Waals surface area contributed by atoms with Crippen LogP contribution >= 0.6 is 0 Å². The predicted molar refractivity (Wildman–Crippen MR) is 116 cm³/mol. The Bertz CT molecular complexity index is 958. The fourth-order valence-corrected chi connectivity index (χ4v) is 5.39. The maximum absolute atomic E-state index is 13.1. The maximum atomic E-state index is 13.1. The number of carbonyl (C=O) groups is 4. The number of benzene rings is 1. The third-order valence-corrected chi connectivity index (χ3v) is 7.06. The van der Waals surface area contributed by atoms with E-state index in [4.69, 9.17) is 0 Å². The summed E-state index contributed by atoms with van der Waals surface area (Å²) in [5, 5.41) is 5.64. The number of imide groups is 2. The van der Waals surface area contributed by atoms with Crippen LogP contribution in [0.15, 0.2) is 18.2 Å². The summed E-state index contributed by atoms with van der Waals surface area (Å²) < 4.78 is 0. The van der Waals surface area contributed by atoms with E-state index in [9.17, 15) is 19.2 Å². The lowest BCUT2D eigenvalue weighted by Crippen LogP contribution is -2.54. The van der Waals surface area contributed by atoms with E-state index in [0.717, 1.165) is 62.7 Å². The van der Waals surface area contributed by atoms with Gasteiger partial charge in [-0.1, -0.05) is 6.07 Å². The molecule has 2 N–H and O–H groups in total. The molecule has 3 fully saturated rings. The van der Waals surface area contributed by atoms with Crippen LogP contribution in [0.1, 0.15) is 52.0 Å². The van der Waals surface area contributed by atoms with Gasteiger partial charge in [0.05, 0.1) is 11.1 Å². The molecule has 4 amide bonds. The van der Waals surface area contributed by atoms with Gasteiger partial charge in [-0.25, -0.2) is 0 Å². The monoisotopic (exact) mass is 439 g/mol. The molecular weight excluding hydrogens is 410 g/mol.